The molecule has 0 atom stereocenters. The highest BCUT2D eigenvalue weighted by atomic mass is 28.4. The average molecular weight is 768 g/mol. The molecule has 0 aliphatic carbocycles. The van der Waals surface area contributed by atoms with E-state index >= 15 is 0 Å². The minimum atomic E-state index is -2.13. The van der Waals surface area contributed by atoms with E-state index in [-0.39, 0.29) is 23.4 Å². The number of benzene rings is 5. The molecule has 0 aliphatic rings. The molecule has 288 valence electrons. The van der Waals surface area contributed by atoms with Gasteiger partial charge in [0.05, 0.1) is 33.1 Å². The molecule has 10 heteroatoms. The summed E-state index contributed by atoms with van der Waals surface area (Å²) in [5.74, 6) is 1.27. The monoisotopic (exact) mass is 767 g/mol. The second-order valence-electron chi connectivity index (χ2n) is 15.1. The number of amides is 1. The molecule has 0 saturated carbocycles. The third-order valence-corrected chi connectivity index (χ3v) is 14.9. The number of nitrogens with zero attached hydrogens (tertiary/aromatic N) is 2. The van der Waals surface area contributed by atoms with Gasteiger partial charge < -0.3 is 24.0 Å². The summed E-state index contributed by atoms with van der Waals surface area (Å²) in [5.41, 5.74) is 3.92. The largest absolute Gasteiger partial charge is 0.497 e. The molecule has 0 spiro atoms. The van der Waals surface area contributed by atoms with Crippen LogP contribution in [0.3, 0.4) is 0 Å². The van der Waals surface area contributed by atoms with Crippen LogP contribution in [0.4, 0.5) is 5.82 Å². The number of rotatable bonds is 14. The summed E-state index contributed by atoms with van der Waals surface area (Å²) in [7, 11) is 1.16. The van der Waals surface area contributed by atoms with Crippen LogP contribution in [0.25, 0.3) is 5.69 Å². The zero-order chi connectivity index (χ0) is 39.9. The molecule has 6 rings (SSSR count). The minimum Gasteiger partial charge on any atom is -0.497 e. The van der Waals surface area contributed by atoms with Crippen LogP contribution in [0.5, 0.6) is 11.5 Å². The number of hydrogen-bond acceptors (Lipinski definition) is 7. The molecule has 9 nitrogen and oxygen atoms in total. The van der Waals surface area contributed by atoms with Gasteiger partial charge in [0.15, 0.2) is 8.32 Å². The number of aromatic nitrogens is 2. The van der Waals surface area contributed by atoms with E-state index in [1.807, 2.05) is 84.9 Å². The highest BCUT2D eigenvalue weighted by molar-refractivity contribution is 6.74. The van der Waals surface area contributed by atoms with Crippen LogP contribution >= 0.6 is 0 Å². The smallest absolute Gasteiger partial charge is 0.354 e. The Bertz CT molecular complexity index is 2260. The Morgan fingerprint density at radius 1 is 0.696 bits per heavy atom. The van der Waals surface area contributed by atoms with E-state index in [1.54, 1.807) is 50.7 Å². The Labute approximate surface area is 330 Å². The van der Waals surface area contributed by atoms with Crippen LogP contribution < -0.4 is 20.5 Å². The third kappa shape index (κ3) is 8.84. The van der Waals surface area contributed by atoms with Gasteiger partial charge in [-0.05, 0) is 101 Å². The van der Waals surface area contributed by atoms with Crippen molar-refractivity contribution in [2.75, 3.05) is 19.5 Å². The molecule has 56 heavy (non-hydrogen) atoms. The Hall–Kier alpha value is -5.81. The standard InChI is InChI=1S/C46H49N3O6Si/c1-45(2,3)56(6,7)55-32-34-28-33(29-39(30-34)49-27-26-42(48-44(49)51)47-43(50)35-14-10-8-11-15-35)31-54-46(36-16-12-9-13-17-36,37-18-22-40(52-4)23-19-37)38-20-24-41(53-5)25-21-38/h8-30H,31-32H2,1-7H3,(H,47,48,50,51). The first-order valence-electron chi connectivity index (χ1n) is 18.5. The van der Waals surface area contributed by atoms with Crippen molar-refractivity contribution in [2.24, 2.45) is 0 Å². The SMILES string of the molecule is COc1ccc(C(OCc2cc(CO[Si](C)(C)C(C)(C)C)cc(-n3ccc(NC(=O)c4ccccc4)nc3=O)c2)(c2ccccc2)c2ccc(OC)cc2)cc1. The maximum Gasteiger partial charge on any atom is 0.354 e. The average Bonchev–Trinajstić information content (AvgIpc) is 3.21. The molecular weight excluding hydrogens is 719 g/mol. The quantitative estimate of drug-likeness (QED) is 0.0871. The van der Waals surface area contributed by atoms with E-state index in [0.29, 0.717) is 17.9 Å². The van der Waals surface area contributed by atoms with Crippen molar-refractivity contribution in [3.8, 4) is 17.2 Å². The number of carbonyl (C=O) groups excluding carboxylic acids is 1. The van der Waals surface area contributed by atoms with Crippen LogP contribution in [-0.2, 0) is 28.0 Å². The first kappa shape index (κ1) is 39.9. The molecule has 0 aliphatic heterocycles. The topological polar surface area (TPSA) is 101 Å². The third-order valence-electron chi connectivity index (χ3n) is 10.4. The Morgan fingerprint density at radius 3 is 1.73 bits per heavy atom. The van der Waals surface area contributed by atoms with Crippen LogP contribution in [-0.4, -0.2) is 38.0 Å². The van der Waals surface area contributed by atoms with Crippen molar-refractivity contribution in [3.05, 3.63) is 184 Å². The van der Waals surface area contributed by atoms with Gasteiger partial charge in [-0.3, -0.25) is 9.36 Å². The fourth-order valence-corrected chi connectivity index (χ4v) is 7.20. The summed E-state index contributed by atoms with van der Waals surface area (Å²) in [5, 5.41) is 2.74. The van der Waals surface area contributed by atoms with Crippen molar-refractivity contribution in [3.63, 3.8) is 0 Å². The summed E-state index contributed by atoms with van der Waals surface area (Å²) in [4.78, 5) is 30.7. The number of anilines is 1. The van der Waals surface area contributed by atoms with E-state index in [2.05, 4.69) is 62.4 Å². The van der Waals surface area contributed by atoms with Gasteiger partial charge in [0.2, 0.25) is 0 Å². The van der Waals surface area contributed by atoms with Crippen molar-refractivity contribution in [1.29, 1.82) is 0 Å². The highest BCUT2D eigenvalue weighted by Gasteiger charge is 2.39. The van der Waals surface area contributed by atoms with E-state index < -0.39 is 19.6 Å². The number of carbonyl (C=O) groups is 1. The van der Waals surface area contributed by atoms with Crippen LogP contribution in [0.15, 0.2) is 144 Å². The first-order valence-corrected chi connectivity index (χ1v) is 21.5. The lowest BCUT2D eigenvalue weighted by atomic mass is 9.80. The van der Waals surface area contributed by atoms with Gasteiger partial charge in [0.1, 0.15) is 22.9 Å². The molecular formula is C46H49N3O6Si. The summed E-state index contributed by atoms with van der Waals surface area (Å²) in [6, 6.07) is 42.3. The van der Waals surface area contributed by atoms with Gasteiger partial charge in [-0.2, -0.15) is 4.98 Å². The second kappa shape index (κ2) is 16.9. The van der Waals surface area contributed by atoms with Crippen LogP contribution in [0, 0.1) is 0 Å². The molecule has 5 aromatic carbocycles. The van der Waals surface area contributed by atoms with Gasteiger partial charge in [0.25, 0.3) is 5.91 Å². The van der Waals surface area contributed by atoms with E-state index in [0.717, 1.165) is 39.3 Å². The Morgan fingerprint density at radius 2 is 1.21 bits per heavy atom. The van der Waals surface area contributed by atoms with Gasteiger partial charge in [0, 0.05) is 11.8 Å². The zero-order valence-electron chi connectivity index (χ0n) is 33.0. The number of nitrogens with one attached hydrogen (secondary N) is 1. The second-order valence-corrected chi connectivity index (χ2v) is 19.9. The lowest BCUT2D eigenvalue weighted by Gasteiger charge is -2.36. The minimum absolute atomic E-state index is 0.00341. The summed E-state index contributed by atoms with van der Waals surface area (Å²) in [6.07, 6.45) is 1.62. The number of ether oxygens (including phenoxy) is 3. The molecule has 1 amide bonds. The van der Waals surface area contributed by atoms with Crippen molar-refractivity contribution < 1.29 is 23.4 Å². The number of methoxy groups -OCH3 is 2. The Kier molecular flexibility index (Phi) is 12.0. The lowest BCUT2D eigenvalue weighted by molar-refractivity contribution is 0.000141. The van der Waals surface area contributed by atoms with E-state index in [1.165, 1.54) is 4.57 Å². The highest BCUT2D eigenvalue weighted by Crippen LogP contribution is 2.43. The first-order chi connectivity index (χ1) is 26.8. The molecule has 1 N–H and O–H groups in total. The normalized spacial score (nSPS) is 11.9. The van der Waals surface area contributed by atoms with Gasteiger partial charge in [-0.15, -0.1) is 0 Å². The predicted molar refractivity (Wildman–Crippen MR) is 223 cm³/mol. The molecule has 0 saturated heterocycles. The van der Waals surface area contributed by atoms with Crippen molar-refractivity contribution >= 4 is 20.0 Å². The predicted octanol–water partition coefficient (Wildman–Crippen LogP) is 9.53. The van der Waals surface area contributed by atoms with Crippen LogP contribution in [0.2, 0.25) is 18.1 Å². The molecule has 1 aromatic heterocycles. The summed E-state index contributed by atoms with van der Waals surface area (Å²) >= 11 is 0. The molecule has 0 bridgehead atoms. The molecule has 1 heterocycles. The van der Waals surface area contributed by atoms with Crippen molar-refractivity contribution in [1.82, 2.24) is 9.55 Å². The fourth-order valence-electron chi connectivity index (χ4n) is 6.24. The fraction of sp³-hybridized carbons (Fsp3) is 0.239. The molecule has 0 radical (unpaired) electrons. The molecule has 0 fully saturated rings. The summed E-state index contributed by atoms with van der Waals surface area (Å²) < 4.78 is 26.4. The van der Waals surface area contributed by atoms with E-state index in [4.69, 9.17) is 18.6 Å². The van der Waals surface area contributed by atoms with Crippen LogP contribution in [0.1, 0.15) is 58.9 Å². The van der Waals surface area contributed by atoms with E-state index in [9.17, 15) is 9.59 Å². The molecule has 6 aromatic rings. The maximum atomic E-state index is 13.6. The summed E-state index contributed by atoms with van der Waals surface area (Å²) in [6.45, 7) is 11.6. The molecule has 0 unspecified atom stereocenters. The van der Waals surface area contributed by atoms with Crippen molar-refractivity contribution in [2.45, 2.75) is 57.7 Å². The van der Waals surface area contributed by atoms with Gasteiger partial charge >= 0.3 is 5.69 Å². The Balaban J connectivity index is 1.43. The number of hydrogen-bond donors (Lipinski definition) is 1. The maximum absolute atomic E-state index is 13.6. The lowest BCUT2D eigenvalue weighted by Crippen LogP contribution is -2.40. The van der Waals surface area contributed by atoms with Gasteiger partial charge in [-0.1, -0.05) is 99.6 Å². The zero-order valence-corrected chi connectivity index (χ0v) is 34.0. The van der Waals surface area contributed by atoms with Gasteiger partial charge in [-0.25, -0.2) is 4.79 Å².